The molecule has 0 spiro atoms. The van der Waals surface area contributed by atoms with E-state index in [9.17, 15) is 0 Å². The molecule has 2 bridgehead atoms. The number of fused-ring (bicyclic) bond motifs is 2. The number of alkyl halides is 2. The van der Waals surface area contributed by atoms with Gasteiger partial charge in [-0.2, -0.15) is 0 Å². The second kappa shape index (κ2) is 4.66. The van der Waals surface area contributed by atoms with Crippen LogP contribution in [0.25, 0.3) is 0 Å². The van der Waals surface area contributed by atoms with Crippen molar-refractivity contribution in [2.24, 2.45) is 0 Å². The lowest BCUT2D eigenvalue weighted by molar-refractivity contribution is -0.222. The number of rotatable bonds is 4. The van der Waals surface area contributed by atoms with Crippen LogP contribution in [0.15, 0.2) is 10.1 Å². The molecular weight excluding hydrogens is 322 g/mol. The van der Waals surface area contributed by atoms with E-state index >= 15 is 0 Å². The summed E-state index contributed by atoms with van der Waals surface area (Å²) in [5, 5.41) is 0.495. The van der Waals surface area contributed by atoms with Gasteiger partial charge in [-0.05, 0) is 6.92 Å². The Morgan fingerprint density at radius 2 is 1.72 bits per heavy atom. The zero-order chi connectivity index (χ0) is 13.8. The quantitative estimate of drug-likeness (QED) is 0.581. The first-order chi connectivity index (χ1) is 8.35. The molecule has 1 saturated carbocycles. The second-order valence-electron chi connectivity index (χ2n) is 4.31. The van der Waals surface area contributed by atoms with E-state index in [1.54, 1.807) is 0 Å². The molecule has 0 heterocycles. The molecule has 0 N–H and O–H groups in total. The number of hydrogen-bond acceptors (Lipinski definition) is 3. The maximum absolute atomic E-state index is 6.67. The molecule has 2 rings (SSSR count). The van der Waals surface area contributed by atoms with Crippen molar-refractivity contribution in [3.8, 4) is 0 Å². The monoisotopic (exact) mass is 334 g/mol. The summed E-state index contributed by atoms with van der Waals surface area (Å²) in [6, 6.07) is 0. The highest BCUT2D eigenvalue weighted by Crippen LogP contribution is 2.70. The third-order valence-corrected chi connectivity index (χ3v) is 6.28. The summed E-state index contributed by atoms with van der Waals surface area (Å²) in [5.41, 5.74) is 0. The van der Waals surface area contributed by atoms with Crippen LogP contribution in [0.5, 0.6) is 0 Å². The Kier molecular flexibility index (Phi) is 3.93. The highest BCUT2D eigenvalue weighted by Gasteiger charge is 2.81. The van der Waals surface area contributed by atoms with Gasteiger partial charge in [-0.25, -0.2) is 0 Å². The van der Waals surface area contributed by atoms with Crippen LogP contribution >= 0.6 is 46.4 Å². The summed E-state index contributed by atoms with van der Waals surface area (Å²) in [4.78, 5) is -2.36. The molecule has 2 aliphatic carbocycles. The molecule has 2 aliphatic rings. The first-order valence-corrected chi connectivity index (χ1v) is 7.02. The van der Waals surface area contributed by atoms with Crippen molar-refractivity contribution in [1.82, 2.24) is 0 Å². The van der Waals surface area contributed by atoms with Gasteiger partial charge in [0.25, 0.3) is 0 Å². The molecule has 0 aromatic heterocycles. The van der Waals surface area contributed by atoms with Gasteiger partial charge in [0.15, 0.2) is 4.87 Å². The normalized spacial score (nSPS) is 41.8. The zero-order valence-electron chi connectivity index (χ0n) is 10.2. The van der Waals surface area contributed by atoms with Crippen molar-refractivity contribution in [2.45, 2.75) is 35.0 Å². The van der Waals surface area contributed by atoms with E-state index in [1.165, 1.54) is 14.2 Å². The molecule has 0 aromatic carbocycles. The molecule has 104 valence electrons. The molecule has 1 fully saturated rings. The van der Waals surface area contributed by atoms with E-state index in [0.29, 0.717) is 13.0 Å². The van der Waals surface area contributed by atoms with Gasteiger partial charge in [0.1, 0.15) is 4.87 Å². The largest absolute Gasteiger partial charge is 0.376 e. The lowest BCUT2D eigenvalue weighted by atomic mass is 10.0. The summed E-state index contributed by atoms with van der Waals surface area (Å²) in [5.74, 6) is -1.34. The Hall–Kier alpha value is 0.780. The van der Waals surface area contributed by atoms with Crippen molar-refractivity contribution >= 4 is 46.4 Å². The van der Waals surface area contributed by atoms with Crippen molar-refractivity contribution in [2.75, 3.05) is 20.8 Å². The Labute approximate surface area is 126 Å². The SMILES string of the molecule is CCO[C@@H]1C[C@]2(Cl)C(Cl)=C(Cl)[C@@]1(Cl)C2(OC)OC. The molecule has 0 saturated heterocycles. The average molecular weight is 336 g/mol. The fraction of sp³-hybridized carbons (Fsp3) is 0.818. The predicted octanol–water partition coefficient (Wildman–Crippen LogP) is 3.44. The highest BCUT2D eigenvalue weighted by molar-refractivity contribution is 6.52. The smallest absolute Gasteiger partial charge is 0.219 e. The maximum Gasteiger partial charge on any atom is 0.219 e. The zero-order valence-corrected chi connectivity index (χ0v) is 13.3. The lowest BCUT2D eigenvalue weighted by Crippen LogP contribution is -2.58. The first kappa shape index (κ1) is 15.2. The van der Waals surface area contributed by atoms with Crippen molar-refractivity contribution in [1.29, 1.82) is 0 Å². The summed E-state index contributed by atoms with van der Waals surface area (Å²) in [7, 11) is 2.93. The molecule has 0 amide bonds. The van der Waals surface area contributed by atoms with Gasteiger partial charge in [-0.1, -0.05) is 23.2 Å². The minimum atomic E-state index is -1.34. The van der Waals surface area contributed by atoms with Crippen molar-refractivity contribution in [3.63, 3.8) is 0 Å². The highest BCUT2D eigenvalue weighted by atomic mass is 35.5. The summed E-state index contributed by atoms with van der Waals surface area (Å²) in [6.07, 6.45) is -0.0422. The van der Waals surface area contributed by atoms with Gasteiger partial charge in [-0.3, -0.25) is 0 Å². The van der Waals surface area contributed by atoms with Crippen molar-refractivity contribution in [3.05, 3.63) is 10.1 Å². The number of methoxy groups -OCH3 is 2. The van der Waals surface area contributed by atoms with Crippen LogP contribution in [0.3, 0.4) is 0 Å². The third kappa shape index (κ3) is 1.39. The van der Waals surface area contributed by atoms with Crippen LogP contribution in [0.1, 0.15) is 13.3 Å². The van der Waals surface area contributed by atoms with Crippen LogP contribution in [0.4, 0.5) is 0 Å². The Morgan fingerprint density at radius 3 is 2.11 bits per heavy atom. The minimum Gasteiger partial charge on any atom is -0.376 e. The van der Waals surface area contributed by atoms with Gasteiger partial charge < -0.3 is 14.2 Å². The third-order valence-electron chi connectivity index (χ3n) is 3.71. The molecular formula is C11H14Cl4O3. The summed E-state index contributed by atoms with van der Waals surface area (Å²) >= 11 is 25.7. The van der Waals surface area contributed by atoms with Crippen LogP contribution in [0, 0.1) is 0 Å². The summed E-state index contributed by atoms with van der Waals surface area (Å²) in [6.45, 7) is 2.35. The number of hydrogen-bond donors (Lipinski definition) is 0. The van der Waals surface area contributed by atoms with Gasteiger partial charge >= 0.3 is 0 Å². The van der Waals surface area contributed by atoms with E-state index < -0.39 is 21.6 Å². The molecule has 3 atom stereocenters. The fourth-order valence-electron chi connectivity index (χ4n) is 2.96. The van der Waals surface area contributed by atoms with Crippen LogP contribution in [-0.2, 0) is 14.2 Å². The fourth-order valence-corrected chi connectivity index (χ4v) is 4.95. The van der Waals surface area contributed by atoms with E-state index in [2.05, 4.69) is 0 Å². The molecule has 0 aromatic rings. The molecule has 18 heavy (non-hydrogen) atoms. The van der Waals surface area contributed by atoms with E-state index in [0.717, 1.165) is 0 Å². The Bertz CT molecular complexity index is 396. The van der Waals surface area contributed by atoms with Crippen LogP contribution in [0.2, 0.25) is 0 Å². The average Bonchev–Trinajstić information content (AvgIpc) is 2.61. The van der Waals surface area contributed by atoms with Gasteiger partial charge in [-0.15, -0.1) is 23.2 Å². The minimum absolute atomic E-state index is 0.231. The van der Waals surface area contributed by atoms with Gasteiger partial charge in [0.05, 0.1) is 16.2 Å². The van der Waals surface area contributed by atoms with Gasteiger partial charge in [0.2, 0.25) is 5.79 Å². The molecule has 0 aliphatic heterocycles. The van der Waals surface area contributed by atoms with Crippen molar-refractivity contribution < 1.29 is 14.2 Å². The standard InChI is InChI=1S/C11H14Cl4O3/c1-4-18-6-5-9(14)7(12)8(13)10(6,15)11(9,16-2)17-3/h6H,4-5H2,1-3H3/t6-,9+,10-/m1/s1. The molecule has 3 nitrogen and oxygen atoms in total. The topological polar surface area (TPSA) is 27.7 Å². The number of ether oxygens (including phenoxy) is 3. The Balaban J connectivity index is 2.61. The summed E-state index contributed by atoms with van der Waals surface area (Å²) < 4.78 is 16.6. The lowest BCUT2D eigenvalue weighted by Gasteiger charge is -2.40. The number of halogens is 4. The molecule has 0 radical (unpaired) electrons. The second-order valence-corrected chi connectivity index (χ2v) is 6.31. The van der Waals surface area contributed by atoms with E-state index in [1.807, 2.05) is 6.92 Å². The van der Waals surface area contributed by atoms with E-state index in [4.69, 9.17) is 60.6 Å². The molecule has 7 heteroatoms. The van der Waals surface area contributed by atoms with Gasteiger partial charge in [0, 0.05) is 27.2 Å². The van der Waals surface area contributed by atoms with Crippen LogP contribution < -0.4 is 0 Å². The molecule has 0 unspecified atom stereocenters. The first-order valence-electron chi connectivity index (χ1n) is 5.51. The van der Waals surface area contributed by atoms with Crippen LogP contribution in [-0.4, -0.2) is 42.5 Å². The predicted molar refractivity (Wildman–Crippen MR) is 72.7 cm³/mol. The Morgan fingerprint density at radius 1 is 1.17 bits per heavy atom. The maximum atomic E-state index is 6.67. The van der Waals surface area contributed by atoms with E-state index in [-0.39, 0.29) is 10.1 Å².